The Morgan fingerprint density at radius 3 is 2.22 bits per heavy atom. The van der Waals surface area contributed by atoms with Crippen molar-refractivity contribution in [1.82, 2.24) is 15.1 Å². The summed E-state index contributed by atoms with van der Waals surface area (Å²) < 4.78 is 0. The minimum absolute atomic E-state index is 0.394. The topological polar surface area (TPSA) is 56.1 Å². The van der Waals surface area contributed by atoms with Crippen LogP contribution in [0.3, 0.4) is 0 Å². The van der Waals surface area contributed by atoms with Crippen LogP contribution in [0.5, 0.6) is 0 Å². The molecule has 3 fully saturated rings. The maximum absolute atomic E-state index is 8.82. The number of nitriles is 1. The molecule has 5 nitrogen and oxygen atoms in total. The molecule has 2 saturated heterocycles. The fraction of sp³-hybridized carbons (Fsp3) is 0.722. The minimum Gasteiger partial charge on any atom is -0.355 e. The van der Waals surface area contributed by atoms with E-state index in [-0.39, 0.29) is 0 Å². The Balaban J connectivity index is 1.32. The summed E-state index contributed by atoms with van der Waals surface area (Å²) in [5.41, 5.74) is 0.960. The van der Waals surface area contributed by atoms with Crippen LogP contribution < -0.4 is 4.90 Å². The monoisotopic (exact) mass is 311 g/mol. The molecule has 0 aromatic carbocycles. The van der Waals surface area contributed by atoms with E-state index in [4.69, 9.17) is 5.26 Å². The van der Waals surface area contributed by atoms with Gasteiger partial charge >= 0.3 is 0 Å². The van der Waals surface area contributed by atoms with Gasteiger partial charge in [-0.05, 0) is 69.2 Å². The van der Waals surface area contributed by atoms with Crippen LogP contribution in [0.4, 0.5) is 5.82 Å². The maximum atomic E-state index is 8.82. The number of hydrogen-bond donors (Lipinski definition) is 0. The average molecular weight is 311 g/mol. The molecule has 1 aromatic rings. The van der Waals surface area contributed by atoms with Crippen molar-refractivity contribution in [2.75, 3.05) is 31.1 Å². The predicted molar refractivity (Wildman–Crippen MR) is 89.1 cm³/mol. The van der Waals surface area contributed by atoms with Gasteiger partial charge in [-0.1, -0.05) is 6.42 Å². The Bertz CT molecular complexity index is 568. The Hall–Kier alpha value is -1.67. The van der Waals surface area contributed by atoms with Crippen LogP contribution in [0.1, 0.15) is 50.6 Å². The number of hydrogen-bond acceptors (Lipinski definition) is 5. The number of piperidine rings is 2. The van der Waals surface area contributed by atoms with Crippen LogP contribution in [0, 0.1) is 16.7 Å². The Morgan fingerprint density at radius 1 is 1.00 bits per heavy atom. The highest BCUT2D eigenvalue weighted by Crippen LogP contribution is 2.43. The van der Waals surface area contributed by atoms with E-state index in [1.54, 1.807) is 6.07 Å². The highest BCUT2D eigenvalue weighted by Gasteiger charge is 2.39. The second-order valence-electron chi connectivity index (χ2n) is 7.50. The first-order valence-electron chi connectivity index (χ1n) is 9.01. The van der Waals surface area contributed by atoms with Crippen molar-refractivity contribution < 1.29 is 0 Å². The van der Waals surface area contributed by atoms with E-state index in [1.165, 1.54) is 58.0 Å². The standard InChI is InChI=1S/C18H25N5/c19-14-15-4-5-17(21-20-15)23-12-8-18(9-13-23)6-10-22(11-7-18)16-2-1-3-16/h4-5,16H,1-3,6-13H2. The Labute approximate surface area is 138 Å². The molecule has 1 aromatic heterocycles. The quantitative estimate of drug-likeness (QED) is 0.840. The van der Waals surface area contributed by atoms with Gasteiger partial charge in [0, 0.05) is 19.1 Å². The summed E-state index contributed by atoms with van der Waals surface area (Å²) in [5, 5.41) is 17.0. The van der Waals surface area contributed by atoms with Crippen LogP contribution in [0.25, 0.3) is 0 Å². The molecule has 0 radical (unpaired) electrons. The number of likely N-dealkylation sites (tertiary alicyclic amines) is 1. The van der Waals surface area contributed by atoms with Gasteiger partial charge in [-0.15, -0.1) is 10.2 Å². The SMILES string of the molecule is N#Cc1ccc(N2CCC3(CC2)CCN(C2CCC2)CC3)nn1. The molecule has 0 amide bonds. The van der Waals surface area contributed by atoms with Gasteiger partial charge in [-0.3, -0.25) is 0 Å². The third kappa shape index (κ3) is 2.92. The molecule has 0 atom stereocenters. The van der Waals surface area contributed by atoms with Crippen LogP contribution in [-0.4, -0.2) is 47.3 Å². The Morgan fingerprint density at radius 2 is 1.70 bits per heavy atom. The molecule has 122 valence electrons. The highest BCUT2D eigenvalue weighted by molar-refractivity contribution is 5.39. The van der Waals surface area contributed by atoms with Crippen molar-refractivity contribution in [2.45, 2.75) is 51.0 Å². The molecular weight excluding hydrogens is 286 g/mol. The first kappa shape index (κ1) is 14.9. The lowest BCUT2D eigenvalue weighted by Gasteiger charge is -2.50. The highest BCUT2D eigenvalue weighted by atomic mass is 15.3. The molecule has 4 rings (SSSR count). The fourth-order valence-corrected chi connectivity index (χ4v) is 4.38. The molecule has 3 heterocycles. The second kappa shape index (κ2) is 6.09. The number of aromatic nitrogens is 2. The Kier molecular flexibility index (Phi) is 3.94. The molecule has 5 heteroatoms. The normalized spacial score (nSPS) is 25.1. The maximum Gasteiger partial charge on any atom is 0.163 e. The van der Waals surface area contributed by atoms with Crippen molar-refractivity contribution in [3.63, 3.8) is 0 Å². The number of anilines is 1. The van der Waals surface area contributed by atoms with Crippen molar-refractivity contribution in [3.8, 4) is 6.07 Å². The summed E-state index contributed by atoms with van der Waals surface area (Å²) in [5.74, 6) is 0.922. The lowest BCUT2D eigenvalue weighted by atomic mass is 9.70. The molecule has 1 aliphatic carbocycles. The smallest absolute Gasteiger partial charge is 0.163 e. The molecule has 3 aliphatic rings. The van der Waals surface area contributed by atoms with E-state index in [9.17, 15) is 0 Å². The van der Waals surface area contributed by atoms with Crippen LogP contribution >= 0.6 is 0 Å². The fourth-order valence-electron chi connectivity index (χ4n) is 4.38. The van der Waals surface area contributed by atoms with E-state index >= 15 is 0 Å². The molecule has 23 heavy (non-hydrogen) atoms. The van der Waals surface area contributed by atoms with Gasteiger partial charge < -0.3 is 9.80 Å². The third-order valence-electron chi connectivity index (χ3n) is 6.36. The summed E-state index contributed by atoms with van der Waals surface area (Å²) in [6, 6.07) is 6.63. The van der Waals surface area contributed by atoms with E-state index in [2.05, 4.69) is 20.0 Å². The first-order valence-corrected chi connectivity index (χ1v) is 9.01. The summed E-state index contributed by atoms with van der Waals surface area (Å²) >= 11 is 0. The van der Waals surface area contributed by atoms with E-state index in [0.29, 0.717) is 11.1 Å². The van der Waals surface area contributed by atoms with E-state index in [1.807, 2.05) is 12.1 Å². The molecule has 0 unspecified atom stereocenters. The van der Waals surface area contributed by atoms with Crippen molar-refractivity contribution in [2.24, 2.45) is 5.41 Å². The summed E-state index contributed by atoms with van der Waals surface area (Å²) in [4.78, 5) is 5.07. The van der Waals surface area contributed by atoms with Gasteiger partial charge in [-0.25, -0.2) is 0 Å². The van der Waals surface area contributed by atoms with Gasteiger partial charge in [0.2, 0.25) is 0 Å². The van der Waals surface area contributed by atoms with Gasteiger partial charge in [0.25, 0.3) is 0 Å². The molecule has 2 aliphatic heterocycles. The first-order chi connectivity index (χ1) is 11.3. The van der Waals surface area contributed by atoms with Gasteiger partial charge in [0.05, 0.1) is 0 Å². The zero-order valence-corrected chi connectivity index (χ0v) is 13.7. The van der Waals surface area contributed by atoms with Gasteiger partial charge in [-0.2, -0.15) is 5.26 Å². The number of rotatable bonds is 2. The zero-order chi connectivity index (χ0) is 15.7. The molecular formula is C18H25N5. The molecule has 0 bridgehead atoms. The third-order valence-corrected chi connectivity index (χ3v) is 6.36. The van der Waals surface area contributed by atoms with Gasteiger partial charge in [0.1, 0.15) is 6.07 Å². The van der Waals surface area contributed by atoms with E-state index in [0.717, 1.165) is 24.9 Å². The number of nitrogens with zero attached hydrogens (tertiary/aromatic N) is 5. The van der Waals surface area contributed by atoms with Crippen molar-refractivity contribution in [3.05, 3.63) is 17.8 Å². The summed E-state index contributed by atoms with van der Waals surface area (Å²) in [7, 11) is 0. The lowest BCUT2D eigenvalue weighted by Crippen LogP contribution is -2.51. The zero-order valence-electron chi connectivity index (χ0n) is 13.7. The second-order valence-corrected chi connectivity index (χ2v) is 7.50. The minimum atomic E-state index is 0.394. The summed E-state index contributed by atoms with van der Waals surface area (Å²) in [6.07, 6.45) is 9.58. The van der Waals surface area contributed by atoms with E-state index < -0.39 is 0 Å². The van der Waals surface area contributed by atoms with Crippen molar-refractivity contribution >= 4 is 5.82 Å². The molecule has 1 spiro atoms. The molecule has 0 N–H and O–H groups in total. The largest absolute Gasteiger partial charge is 0.355 e. The average Bonchev–Trinajstić information content (AvgIpc) is 2.56. The van der Waals surface area contributed by atoms with Crippen LogP contribution in [-0.2, 0) is 0 Å². The lowest BCUT2D eigenvalue weighted by molar-refractivity contribution is 0.0305. The van der Waals surface area contributed by atoms with Gasteiger partial charge in [0.15, 0.2) is 11.5 Å². The summed E-state index contributed by atoms with van der Waals surface area (Å²) in [6.45, 7) is 4.76. The van der Waals surface area contributed by atoms with Crippen LogP contribution in [0.2, 0.25) is 0 Å². The predicted octanol–water partition coefficient (Wildman–Crippen LogP) is 2.58. The van der Waals surface area contributed by atoms with Crippen LogP contribution in [0.15, 0.2) is 12.1 Å². The van der Waals surface area contributed by atoms with Crippen molar-refractivity contribution in [1.29, 1.82) is 5.26 Å². The molecule has 1 saturated carbocycles.